The summed E-state index contributed by atoms with van der Waals surface area (Å²) in [5.41, 5.74) is 1.89. The third-order valence-electron chi connectivity index (χ3n) is 3.87. The molecule has 0 saturated carbocycles. The smallest absolute Gasteiger partial charge is 0.228 e. The second-order valence-electron chi connectivity index (χ2n) is 5.43. The van der Waals surface area contributed by atoms with Crippen molar-refractivity contribution in [3.63, 3.8) is 0 Å². The van der Waals surface area contributed by atoms with Gasteiger partial charge in [0, 0.05) is 38.2 Å². The van der Waals surface area contributed by atoms with Crippen molar-refractivity contribution in [1.29, 1.82) is 0 Å². The van der Waals surface area contributed by atoms with Gasteiger partial charge in [0.1, 0.15) is 0 Å². The van der Waals surface area contributed by atoms with Crippen molar-refractivity contribution in [2.24, 2.45) is 5.92 Å². The summed E-state index contributed by atoms with van der Waals surface area (Å²) < 4.78 is 0. The predicted octanol–water partition coefficient (Wildman–Crippen LogP) is 2.02. The van der Waals surface area contributed by atoms with E-state index in [1.807, 2.05) is 31.2 Å². The highest BCUT2D eigenvalue weighted by molar-refractivity contribution is 5.96. The van der Waals surface area contributed by atoms with Crippen LogP contribution in [0, 0.1) is 5.92 Å². The van der Waals surface area contributed by atoms with Crippen LogP contribution in [0.4, 0.5) is 5.69 Å². The first kappa shape index (κ1) is 18.5. The molecule has 1 unspecified atom stereocenters. The number of hydrogen-bond acceptors (Lipinski definition) is 3. The molecule has 0 radical (unpaired) electrons. The van der Waals surface area contributed by atoms with Gasteiger partial charge >= 0.3 is 0 Å². The Morgan fingerprint density at radius 2 is 2.09 bits per heavy atom. The number of carbonyl (C=O) groups excluding carboxylic acids is 2. The van der Waals surface area contributed by atoms with Gasteiger partial charge in [-0.15, -0.1) is 12.4 Å². The van der Waals surface area contributed by atoms with Gasteiger partial charge in [-0.05, 0) is 24.6 Å². The number of halogens is 1. The van der Waals surface area contributed by atoms with Gasteiger partial charge in [-0.3, -0.25) is 9.59 Å². The van der Waals surface area contributed by atoms with Gasteiger partial charge in [-0.25, -0.2) is 0 Å². The van der Waals surface area contributed by atoms with Gasteiger partial charge in [0.25, 0.3) is 0 Å². The summed E-state index contributed by atoms with van der Waals surface area (Å²) in [6, 6.07) is 7.77. The van der Waals surface area contributed by atoms with Crippen LogP contribution >= 0.6 is 12.4 Å². The first-order chi connectivity index (χ1) is 10.1. The molecule has 2 rings (SSSR count). The van der Waals surface area contributed by atoms with Crippen LogP contribution < -0.4 is 10.6 Å². The van der Waals surface area contributed by atoms with Crippen molar-refractivity contribution in [1.82, 2.24) is 10.2 Å². The van der Waals surface area contributed by atoms with Crippen molar-refractivity contribution >= 4 is 29.9 Å². The Kier molecular flexibility index (Phi) is 7.35. The van der Waals surface area contributed by atoms with Gasteiger partial charge in [-0.1, -0.05) is 25.1 Å². The molecule has 0 aliphatic carbocycles. The van der Waals surface area contributed by atoms with E-state index in [1.165, 1.54) is 0 Å². The number of para-hydroxylation sites is 1. The highest BCUT2D eigenvalue weighted by Crippen LogP contribution is 2.21. The molecule has 1 fully saturated rings. The van der Waals surface area contributed by atoms with Gasteiger partial charge in [0.05, 0.1) is 0 Å². The average Bonchev–Trinajstić information content (AvgIpc) is 2.49. The van der Waals surface area contributed by atoms with Crippen LogP contribution in [0.15, 0.2) is 24.3 Å². The van der Waals surface area contributed by atoms with Gasteiger partial charge in [0.15, 0.2) is 0 Å². The molecule has 0 aromatic heterocycles. The Balaban J connectivity index is 0.00000242. The standard InChI is InChI=1S/C16H23N3O2.ClH/c1-3-17-11-13-6-4-5-7-14(13)18-16(21)12-8-9-19(2)15(20)10-12;/h4-7,12,17H,3,8-11H2,1-2H3,(H,18,21);1H. The van der Waals surface area contributed by atoms with Crippen LogP contribution in [0.5, 0.6) is 0 Å². The zero-order valence-corrected chi connectivity index (χ0v) is 13.9. The minimum absolute atomic E-state index is 0. The van der Waals surface area contributed by atoms with Gasteiger partial charge in [-0.2, -0.15) is 0 Å². The maximum Gasteiger partial charge on any atom is 0.228 e. The van der Waals surface area contributed by atoms with E-state index in [0.29, 0.717) is 13.0 Å². The van der Waals surface area contributed by atoms with E-state index >= 15 is 0 Å². The molecule has 1 aromatic carbocycles. The van der Waals surface area contributed by atoms with Crippen LogP contribution in [0.1, 0.15) is 25.3 Å². The van der Waals surface area contributed by atoms with Crippen molar-refractivity contribution in [3.8, 4) is 0 Å². The average molecular weight is 326 g/mol. The fourth-order valence-corrected chi connectivity index (χ4v) is 2.46. The Morgan fingerprint density at radius 3 is 2.77 bits per heavy atom. The van der Waals surface area contributed by atoms with Crippen molar-refractivity contribution < 1.29 is 9.59 Å². The topological polar surface area (TPSA) is 61.4 Å². The molecular formula is C16H24ClN3O2. The molecule has 1 heterocycles. The molecule has 122 valence electrons. The first-order valence-corrected chi connectivity index (χ1v) is 7.45. The molecule has 2 amide bonds. The van der Waals surface area contributed by atoms with E-state index < -0.39 is 0 Å². The lowest BCUT2D eigenvalue weighted by Crippen LogP contribution is -2.40. The summed E-state index contributed by atoms with van der Waals surface area (Å²) in [6.45, 7) is 4.30. The number of carbonyl (C=O) groups is 2. The highest BCUT2D eigenvalue weighted by Gasteiger charge is 2.28. The highest BCUT2D eigenvalue weighted by atomic mass is 35.5. The molecule has 1 saturated heterocycles. The lowest BCUT2D eigenvalue weighted by atomic mass is 9.95. The zero-order valence-electron chi connectivity index (χ0n) is 13.1. The van der Waals surface area contributed by atoms with E-state index in [2.05, 4.69) is 10.6 Å². The monoisotopic (exact) mass is 325 g/mol. The fraction of sp³-hybridized carbons (Fsp3) is 0.500. The first-order valence-electron chi connectivity index (χ1n) is 7.45. The summed E-state index contributed by atoms with van der Waals surface area (Å²) in [7, 11) is 1.78. The molecule has 5 nitrogen and oxygen atoms in total. The zero-order chi connectivity index (χ0) is 15.2. The minimum atomic E-state index is -0.221. The van der Waals surface area contributed by atoms with Crippen molar-refractivity contribution in [2.45, 2.75) is 26.3 Å². The summed E-state index contributed by atoms with van der Waals surface area (Å²) in [6.07, 6.45) is 1.03. The Bertz CT molecular complexity index is 522. The van der Waals surface area contributed by atoms with Crippen molar-refractivity contribution in [2.75, 3.05) is 25.5 Å². The minimum Gasteiger partial charge on any atom is -0.346 e. The third-order valence-corrected chi connectivity index (χ3v) is 3.87. The summed E-state index contributed by atoms with van der Waals surface area (Å²) in [5, 5.41) is 6.23. The van der Waals surface area contributed by atoms with Crippen LogP contribution in [0.2, 0.25) is 0 Å². The molecule has 1 aliphatic rings. The maximum atomic E-state index is 12.3. The Labute approximate surface area is 137 Å². The number of nitrogens with zero attached hydrogens (tertiary/aromatic N) is 1. The van der Waals surface area contributed by atoms with E-state index in [4.69, 9.17) is 0 Å². The summed E-state index contributed by atoms with van der Waals surface area (Å²) in [5.74, 6) is -0.233. The normalized spacial score (nSPS) is 17.8. The number of piperidine rings is 1. The van der Waals surface area contributed by atoms with Crippen LogP contribution in [-0.2, 0) is 16.1 Å². The van der Waals surface area contributed by atoms with E-state index in [0.717, 1.165) is 30.8 Å². The molecule has 1 aromatic rings. The van der Waals surface area contributed by atoms with E-state index in [9.17, 15) is 9.59 Å². The number of nitrogens with one attached hydrogen (secondary N) is 2. The van der Waals surface area contributed by atoms with Gasteiger partial charge < -0.3 is 15.5 Å². The second kappa shape index (κ2) is 8.76. The lowest BCUT2D eigenvalue weighted by molar-refractivity contribution is -0.137. The quantitative estimate of drug-likeness (QED) is 0.870. The summed E-state index contributed by atoms with van der Waals surface area (Å²) in [4.78, 5) is 25.7. The van der Waals surface area contributed by atoms with Gasteiger partial charge in [0.2, 0.25) is 11.8 Å². The number of benzene rings is 1. The van der Waals surface area contributed by atoms with Crippen LogP contribution in [0.25, 0.3) is 0 Å². The van der Waals surface area contributed by atoms with Crippen LogP contribution in [-0.4, -0.2) is 36.9 Å². The predicted molar refractivity (Wildman–Crippen MR) is 90.1 cm³/mol. The maximum absolute atomic E-state index is 12.3. The number of rotatable bonds is 5. The second-order valence-corrected chi connectivity index (χ2v) is 5.43. The number of hydrogen-bond donors (Lipinski definition) is 2. The Morgan fingerprint density at radius 1 is 1.36 bits per heavy atom. The van der Waals surface area contributed by atoms with Crippen LogP contribution in [0.3, 0.4) is 0 Å². The van der Waals surface area contributed by atoms with E-state index in [1.54, 1.807) is 11.9 Å². The number of likely N-dealkylation sites (tertiary alicyclic amines) is 1. The molecule has 0 bridgehead atoms. The molecular weight excluding hydrogens is 302 g/mol. The Hall–Kier alpha value is -1.59. The number of anilines is 1. The molecule has 0 spiro atoms. The third kappa shape index (κ3) is 4.71. The summed E-state index contributed by atoms with van der Waals surface area (Å²) >= 11 is 0. The lowest BCUT2D eigenvalue weighted by Gasteiger charge is -2.28. The van der Waals surface area contributed by atoms with E-state index in [-0.39, 0.29) is 30.1 Å². The fourth-order valence-electron chi connectivity index (χ4n) is 2.46. The molecule has 6 heteroatoms. The molecule has 22 heavy (non-hydrogen) atoms. The largest absolute Gasteiger partial charge is 0.346 e. The molecule has 1 atom stereocenters. The van der Waals surface area contributed by atoms with Crippen molar-refractivity contribution in [3.05, 3.63) is 29.8 Å². The SMILES string of the molecule is CCNCc1ccccc1NC(=O)C1CCN(C)C(=O)C1.Cl. The number of amides is 2. The molecule has 1 aliphatic heterocycles. The molecule has 2 N–H and O–H groups in total.